The number of hydrogen-bond donors (Lipinski definition) is 1. The van der Waals surface area contributed by atoms with Gasteiger partial charge in [0.25, 0.3) is 5.91 Å². The molecular formula is C15H23NO5. The molecule has 0 radical (unpaired) electrons. The largest absolute Gasteiger partial charge is 0.493 e. The van der Waals surface area contributed by atoms with E-state index in [4.69, 9.17) is 14.2 Å². The Kier molecular flexibility index (Phi) is 6.30. The Morgan fingerprint density at radius 2 is 1.71 bits per heavy atom. The summed E-state index contributed by atoms with van der Waals surface area (Å²) in [4.78, 5) is 13.9. The second-order valence-corrected chi connectivity index (χ2v) is 4.78. The fraction of sp³-hybridized carbons (Fsp3) is 0.533. The first-order valence-corrected chi connectivity index (χ1v) is 6.68. The number of methoxy groups -OCH3 is 3. The summed E-state index contributed by atoms with van der Waals surface area (Å²) in [5.41, 5.74) is 0.442. The van der Waals surface area contributed by atoms with Crippen LogP contribution in [0.5, 0.6) is 17.2 Å². The van der Waals surface area contributed by atoms with Crippen molar-refractivity contribution in [2.24, 2.45) is 0 Å². The summed E-state index contributed by atoms with van der Waals surface area (Å²) in [6, 6.07) is 3.23. The predicted octanol–water partition coefficient (Wildman–Crippen LogP) is 1.56. The van der Waals surface area contributed by atoms with Gasteiger partial charge in [-0.2, -0.15) is 0 Å². The number of carbonyl (C=O) groups excluding carboxylic acids is 1. The molecule has 0 bridgehead atoms. The molecule has 0 heterocycles. The van der Waals surface area contributed by atoms with E-state index in [9.17, 15) is 9.90 Å². The number of benzene rings is 1. The van der Waals surface area contributed by atoms with E-state index >= 15 is 0 Å². The monoisotopic (exact) mass is 297 g/mol. The molecule has 0 aliphatic carbocycles. The van der Waals surface area contributed by atoms with Gasteiger partial charge in [-0.15, -0.1) is 0 Å². The van der Waals surface area contributed by atoms with Crippen LogP contribution >= 0.6 is 0 Å². The summed E-state index contributed by atoms with van der Waals surface area (Å²) in [7, 11) is 6.20. The Balaban J connectivity index is 3.04. The number of carbonyl (C=O) groups is 1. The van der Waals surface area contributed by atoms with Crippen LogP contribution in [0, 0.1) is 0 Å². The third kappa shape index (κ3) is 4.26. The molecule has 1 rings (SSSR count). The Bertz CT molecular complexity index is 462. The Hall–Kier alpha value is -1.95. The highest BCUT2D eigenvalue weighted by Crippen LogP contribution is 2.38. The molecule has 1 aromatic carbocycles. The fourth-order valence-electron chi connectivity index (χ4n) is 1.91. The molecule has 0 saturated carbocycles. The number of ether oxygens (including phenoxy) is 3. The molecular weight excluding hydrogens is 274 g/mol. The van der Waals surface area contributed by atoms with Crippen LogP contribution in [0.1, 0.15) is 23.7 Å². The van der Waals surface area contributed by atoms with Crippen molar-refractivity contribution in [3.63, 3.8) is 0 Å². The molecule has 6 nitrogen and oxygen atoms in total. The summed E-state index contributed by atoms with van der Waals surface area (Å²) < 4.78 is 15.7. The molecule has 0 aliphatic heterocycles. The highest BCUT2D eigenvalue weighted by Gasteiger charge is 2.19. The van der Waals surface area contributed by atoms with Gasteiger partial charge in [-0.25, -0.2) is 0 Å². The first kappa shape index (κ1) is 17.1. The van der Waals surface area contributed by atoms with E-state index in [2.05, 4.69) is 0 Å². The maximum Gasteiger partial charge on any atom is 0.253 e. The zero-order valence-corrected chi connectivity index (χ0v) is 13.2. The van der Waals surface area contributed by atoms with Gasteiger partial charge in [0, 0.05) is 19.2 Å². The molecule has 0 spiro atoms. The highest BCUT2D eigenvalue weighted by atomic mass is 16.5. The zero-order valence-electron chi connectivity index (χ0n) is 13.2. The second-order valence-electron chi connectivity index (χ2n) is 4.78. The number of aliphatic hydroxyl groups excluding tert-OH is 1. The number of rotatable bonds is 7. The van der Waals surface area contributed by atoms with Gasteiger partial charge in [-0.3, -0.25) is 4.79 Å². The minimum atomic E-state index is -0.444. The van der Waals surface area contributed by atoms with Crippen LogP contribution in [0.15, 0.2) is 12.1 Å². The molecule has 1 unspecified atom stereocenters. The van der Waals surface area contributed by atoms with E-state index in [-0.39, 0.29) is 5.91 Å². The topological polar surface area (TPSA) is 68.2 Å². The van der Waals surface area contributed by atoms with Gasteiger partial charge >= 0.3 is 0 Å². The maximum absolute atomic E-state index is 12.4. The minimum Gasteiger partial charge on any atom is -0.493 e. The lowest BCUT2D eigenvalue weighted by molar-refractivity contribution is 0.0768. The molecule has 118 valence electrons. The molecule has 6 heteroatoms. The second kappa shape index (κ2) is 7.73. The van der Waals surface area contributed by atoms with Gasteiger partial charge in [0.05, 0.1) is 27.4 Å². The van der Waals surface area contributed by atoms with Crippen LogP contribution in [-0.2, 0) is 0 Å². The van der Waals surface area contributed by atoms with Crippen molar-refractivity contribution < 1.29 is 24.1 Å². The van der Waals surface area contributed by atoms with Crippen LogP contribution in [0.25, 0.3) is 0 Å². The van der Waals surface area contributed by atoms with Crippen molar-refractivity contribution in [1.82, 2.24) is 4.90 Å². The lowest BCUT2D eigenvalue weighted by Gasteiger charge is -2.20. The van der Waals surface area contributed by atoms with Crippen molar-refractivity contribution in [1.29, 1.82) is 0 Å². The predicted molar refractivity (Wildman–Crippen MR) is 79.4 cm³/mol. The van der Waals surface area contributed by atoms with Gasteiger partial charge in [0.1, 0.15) is 0 Å². The number of amides is 1. The van der Waals surface area contributed by atoms with Crippen molar-refractivity contribution in [2.75, 3.05) is 34.9 Å². The SMILES string of the molecule is COc1cc(C(=O)N(C)CCC(C)O)cc(OC)c1OC. The molecule has 0 saturated heterocycles. The van der Waals surface area contributed by atoms with E-state index in [1.54, 1.807) is 31.0 Å². The number of nitrogens with zero attached hydrogens (tertiary/aromatic N) is 1. The van der Waals surface area contributed by atoms with Gasteiger partial charge in [0.15, 0.2) is 11.5 Å². The summed E-state index contributed by atoms with van der Waals surface area (Å²) in [5.74, 6) is 1.14. The number of hydrogen-bond acceptors (Lipinski definition) is 5. The molecule has 0 fully saturated rings. The van der Waals surface area contributed by atoms with E-state index in [1.807, 2.05) is 0 Å². The maximum atomic E-state index is 12.4. The Labute approximate surface area is 125 Å². The summed E-state index contributed by atoms with van der Waals surface area (Å²) in [6.45, 7) is 2.16. The van der Waals surface area contributed by atoms with Crippen molar-refractivity contribution in [2.45, 2.75) is 19.4 Å². The average Bonchev–Trinajstić information content (AvgIpc) is 2.49. The summed E-state index contributed by atoms with van der Waals surface area (Å²) in [6.07, 6.45) is 0.0762. The molecule has 1 amide bonds. The standard InChI is InChI=1S/C15H23NO5/c1-10(17)6-7-16(2)15(18)11-8-12(19-3)14(21-5)13(9-11)20-4/h8-10,17H,6-7H2,1-5H3. The molecule has 1 N–H and O–H groups in total. The van der Waals surface area contributed by atoms with Crippen LogP contribution < -0.4 is 14.2 Å². The third-order valence-electron chi connectivity index (χ3n) is 3.14. The van der Waals surface area contributed by atoms with Gasteiger partial charge in [0.2, 0.25) is 5.75 Å². The average molecular weight is 297 g/mol. The van der Waals surface area contributed by atoms with Crippen molar-refractivity contribution in [3.8, 4) is 17.2 Å². The van der Waals surface area contributed by atoms with Gasteiger partial charge in [-0.05, 0) is 25.5 Å². The van der Waals surface area contributed by atoms with E-state index in [0.29, 0.717) is 35.8 Å². The smallest absolute Gasteiger partial charge is 0.253 e. The molecule has 0 aromatic heterocycles. The molecule has 0 aliphatic rings. The van der Waals surface area contributed by atoms with E-state index in [0.717, 1.165) is 0 Å². The zero-order chi connectivity index (χ0) is 16.0. The third-order valence-corrected chi connectivity index (χ3v) is 3.14. The van der Waals surface area contributed by atoms with Crippen molar-refractivity contribution in [3.05, 3.63) is 17.7 Å². The number of aliphatic hydroxyl groups is 1. The lowest BCUT2D eigenvalue weighted by atomic mass is 10.1. The van der Waals surface area contributed by atoms with Crippen LogP contribution in [0.2, 0.25) is 0 Å². The Morgan fingerprint density at radius 3 is 2.10 bits per heavy atom. The Morgan fingerprint density at radius 1 is 1.19 bits per heavy atom. The lowest BCUT2D eigenvalue weighted by Crippen LogP contribution is -2.29. The quantitative estimate of drug-likeness (QED) is 0.827. The summed E-state index contributed by atoms with van der Waals surface area (Å²) >= 11 is 0. The van der Waals surface area contributed by atoms with Gasteiger partial charge in [-0.1, -0.05) is 0 Å². The van der Waals surface area contributed by atoms with Crippen LogP contribution in [0.3, 0.4) is 0 Å². The normalized spacial score (nSPS) is 11.7. The van der Waals surface area contributed by atoms with Crippen LogP contribution in [-0.4, -0.2) is 56.9 Å². The van der Waals surface area contributed by atoms with E-state index in [1.165, 1.54) is 21.3 Å². The van der Waals surface area contributed by atoms with Crippen LogP contribution in [0.4, 0.5) is 0 Å². The van der Waals surface area contributed by atoms with E-state index < -0.39 is 6.10 Å². The van der Waals surface area contributed by atoms with Gasteiger partial charge < -0.3 is 24.2 Å². The molecule has 1 aromatic rings. The highest BCUT2D eigenvalue weighted by molar-refractivity contribution is 5.95. The first-order valence-electron chi connectivity index (χ1n) is 6.68. The minimum absolute atomic E-state index is 0.171. The summed E-state index contributed by atoms with van der Waals surface area (Å²) in [5, 5.41) is 9.29. The fourth-order valence-corrected chi connectivity index (χ4v) is 1.91. The first-order chi connectivity index (χ1) is 9.94. The van der Waals surface area contributed by atoms with Crippen molar-refractivity contribution >= 4 is 5.91 Å². The molecule has 21 heavy (non-hydrogen) atoms. The molecule has 1 atom stereocenters.